The van der Waals surface area contributed by atoms with Crippen LogP contribution in [0.15, 0.2) is 24.3 Å². The van der Waals surface area contributed by atoms with Gasteiger partial charge in [0.15, 0.2) is 0 Å². The van der Waals surface area contributed by atoms with Gasteiger partial charge in [0.1, 0.15) is 0 Å². The van der Waals surface area contributed by atoms with Crippen molar-refractivity contribution in [1.82, 2.24) is 0 Å². The fraction of sp³-hybridized carbons (Fsp3) is 0.500. The third-order valence-corrected chi connectivity index (χ3v) is 3.46. The van der Waals surface area contributed by atoms with E-state index in [0.717, 1.165) is 18.7 Å². The molecule has 84 valence electrons. The normalized spacial score (nSPS) is 19.2. The van der Waals surface area contributed by atoms with Crippen LogP contribution in [0, 0.1) is 16.7 Å². The van der Waals surface area contributed by atoms with Crippen LogP contribution in [0.1, 0.15) is 32.3 Å². The number of nitriles is 1. The minimum Gasteiger partial charge on any atom is -0.371 e. The Kier molecular flexibility index (Phi) is 2.87. The zero-order chi connectivity index (χ0) is 11.6. The summed E-state index contributed by atoms with van der Waals surface area (Å²) in [6.07, 6.45) is 2.45. The van der Waals surface area contributed by atoms with Gasteiger partial charge in [0, 0.05) is 18.8 Å². The van der Waals surface area contributed by atoms with Gasteiger partial charge in [-0.05, 0) is 36.5 Å². The summed E-state index contributed by atoms with van der Waals surface area (Å²) in [5, 5.41) is 8.87. The van der Waals surface area contributed by atoms with E-state index in [-0.39, 0.29) is 0 Å². The highest BCUT2D eigenvalue weighted by molar-refractivity contribution is 5.51. The number of hydrogen-bond acceptors (Lipinski definition) is 2. The molecule has 16 heavy (non-hydrogen) atoms. The second-order valence-corrected chi connectivity index (χ2v) is 5.31. The lowest BCUT2D eigenvalue weighted by molar-refractivity contribution is 0.280. The smallest absolute Gasteiger partial charge is 0.0992 e. The van der Waals surface area contributed by atoms with Gasteiger partial charge < -0.3 is 4.90 Å². The number of piperidine rings is 1. The lowest BCUT2D eigenvalue weighted by Crippen LogP contribution is -2.37. The molecule has 1 aliphatic heterocycles. The standard InChI is InChI=1S/C14H18N2/c1-14(2)6-8-16(9-7-14)13-5-3-4-12(10-13)11-15/h3-5,10H,6-9H2,1-2H3. The van der Waals surface area contributed by atoms with E-state index in [0.29, 0.717) is 5.41 Å². The highest BCUT2D eigenvalue weighted by Gasteiger charge is 2.25. The molecule has 0 aliphatic carbocycles. The number of nitrogens with zero attached hydrogens (tertiary/aromatic N) is 2. The highest BCUT2D eigenvalue weighted by atomic mass is 15.1. The van der Waals surface area contributed by atoms with Gasteiger partial charge in [-0.15, -0.1) is 0 Å². The summed E-state index contributed by atoms with van der Waals surface area (Å²) in [5.74, 6) is 0. The molecule has 1 fully saturated rings. The average Bonchev–Trinajstić information content (AvgIpc) is 2.29. The SMILES string of the molecule is CC1(C)CCN(c2cccc(C#N)c2)CC1. The summed E-state index contributed by atoms with van der Waals surface area (Å²) < 4.78 is 0. The first kappa shape index (κ1) is 11.0. The Balaban J connectivity index is 2.11. The maximum Gasteiger partial charge on any atom is 0.0992 e. The molecule has 1 saturated heterocycles. The van der Waals surface area contributed by atoms with Crippen LogP contribution in [0.2, 0.25) is 0 Å². The first-order chi connectivity index (χ1) is 7.61. The molecule has 1 aromatic rings. The molecule has 1 aliphatic rings. The fourth-order valence-electron chi connectivity index (χ4n) is 2.14. The number of rotatable bonds is 1. The molecule has 2 rings (SSSR count). The molecular formula is C14H18N2. The Morgan fingerprint density at radius 1 is 1.25 bits per heavy atom. The summed E-state index contributed by atoms with van der Waals surface area (Å²) >= 11 is 0. The third kappa shape index (κ3) is 2.36. The van der Waals surface area contributed by atoms with E-state index in [1.807, 2.05) is 18.2 Å². The van der Waals surface area contributed by atoms with Gasteiger partial charge in [0.05, 0.1) is 11.6 Å². The molecule has 2 heteroatoms. The maximum absolute atomic E-state index is 8.87. The quantitative estimate of drug-likeness (QED) is 0.718. The molecule has 0 aromatic heterocycles. The van der Waals surface area contributed by atoms with E-state index in [2.05, 4.69) is 30.9 Å². The Hall–Kier alpha value is -1.49. The summed E-state index contributed by atoms with van der Waals surface area (Å²) in [7, 11) is 0. The van der Waals surface area contributed by atoms with Crippen LogP contribution in [0.4, 0.5) is 5.69 Å². The second-order valence-electron chi connectivity index (χ2n) is 5.31. The Morgan fingerprint density at radius 3 is 2.56 bits per heavy atom. The molecule has 0 spiro atoms. The monoisotopic (exact) mass is 214 g/mol. The zero-order valence-corrected chi connectivity index (χ0v) is 10.0. The van der Waals surface area contributed by atoms with Gasteiger partial charge in [-0.3, -0.25) is 0 Å². The Morgan fingerprint density at radius 2 is 1.94 bits per heavy atom. The van der Waals surface area contributed by atoms with Crippen molar-refractivity contribution in [2.75, 3.05) is 18.0 Å². The predicted octanol–water partition coefficient (Wildman–Crippen LogP) is 3.18. The molecular weight excluding hydrogens is 196 g/mol. The lowest BCUT2D eigenvalue weighted by atomic mass is 9.82. The first-order valence-electron chi connectivity index (χ1n) is 5.86. The van der Waals surface area contributed by atoms with Crippen molar-refractivity contribution in [1.29, 1.82) is 5.26 Å². The van der Waals surface area contributed by atoms with Gasteiger partial charge in [-0.2, -0.15) is 5.26 Å². The second kappa shape index (κ2) is 4.17. The van der Waals surface area contributed by atoms with Crippen molar-refractivity contribution in [3.63, 3.8) is 0 Å². The molecule has 0 bridgehead atoms. The fourth-order valence-corrected chi connectivity index (χ4v) is 2.14. The molecule has 0 unspecified atom stereocenters. The topological polar surface area (TPSA) is 27.0 Å². The molecule has 0 N–H and O–H groups in total. The number of anilines is 1. The van der Waals surface area contributed by atoms with E-state index < -0.39 is 0 Å². The van der Waals surface area contributed by atoms with Crippen LogP contribution in [0.3, 0.4) is 0 Å². The molecule has 0 atom stereocenters. The van der Waals surface area contributed by atoms with Crippen LogP contribution < -0.4 is 4.90 Å². The van der Waals surface area contributed by atoms with Crippen molar-refractivity contribution in [3.05, 3.63) is 29.8 Å². The average molecular weight is 214 g/mol. The van der Waals surface area contributed by atoms with E-state index in [4.69, 9.17) is 5.26 Å². The Bertz CT molecular complexity index is 405. The van der Waals surface area contributed by atoms with Crippen LogP contribution in [-0.4, -0.2) is 13.1 Å². The van der Waals surface area contributed by atoms with Gasteiger partial charge in [0.25, 0.3) is 0 Å². The third-order valence-electron chi connectivity index (χ3n) is 3.46. The minimum absolute atomic E-state index is 0.476. The summed E-state index contributed by atoms with van der Waals surface area (Å²) in [6.45, 7) is 6.86. The summed E-state index contributed by atoms with van der Waals surface area (Å²) in [5.41, 5.74) is 2.42. The van der Waals surface area contributed by atoms with Crippen LogP contribution >= 0.6 is 0 Å². The van der Waals surface area contributed by atoms with Gasteiger partial charge in [0.2, 0.25) is 0 Å². The molecule has 1 heterocycles. The van der Waals surface area contributed by atoms with Crippen LogP contribution in [0.5, 0.6) is 0 Å². The zero-order valence-electron chi connectivity index (χ0n) is 10.0. The van der Waals surface area contributed by atoms with Crippen molar-refractivity contribution in [3.8, 4) is 6.07 Å². The predicted molar refractivity (Wildman–Crippen MR) is 66.4 cm³/mol. The minimum atomic E-state index is 0.476. The highest BCUT2D eigenvalue weighted by Crippen LogP contribution is 2.32. The maximum atomic E-state index is 8.87. The summed E-state index contributed by atoms with van der Waals surface area (Å²) in [6, 6.07) is 10.1. The van der Waals surface area contributed by atoms with E-state index in [1.165, 1.54) is 18.5 Å². The van der Waals surface area contributed by atoms with Crippen molar-refractivity contribution in [2.24, 2.45) is 5.41 Å². The first-order valence-corrected chi connectivity index (χ1v) is 5.86. The van der Waals surface area contributed by atoms with E-state index in [1.54, 1.807) is 0 Å². The van der Waals surface area contributed by atoms with Crippen LogP contribution in [-0.2, 0) is 0 Å². The van der Waals surface area contributed by atoms with Gasteiger partial charge >= 0.3 is 0 Å². The Labute approximate surface area is 97.5 Å². The van der Waals surface area contributed by atoms with Gasteiger partial charge in [-0.25, -0.2) is 0 Å². The molecule has 1 aromatic carbocycles. The molecule has 0 amide bonds. The van der Waals surface area contributed by atoms with Crippen LogP contribution in [0.25, 0.3) is 0 Å². The van der Waals surface area contributed by atoms with Crippen molar-refractivity contribution in [2.45, 2.75) is 26.7 Å². The van der Waals surface area contributed by atoms with Crippen molar-refractivity contribution >= 4 is 5.69 Å². The van der Waals surface area contributed by atoms with Crippen molar-refractivity contribution < 1.29 is 0 Å². The molecule has 0 saturated carbocycles. The van der Waals surface area contributed by atoms with E-state index in [9.17, 15) is 0 Å². The van der Waals surface area contributed by atoms with E-state index >= 15 is 0 Å². The largest absolute Gasteiger partial charge is 0.371 e. The lowest BCUT2D eigenvalue weighted by Gasteiger charge is -2.38. The number of hydrogen-bond donors (Lipinski definition) is 0. The molecule has 0 radical (unpaired) electrons. The summed E-state index contributed by atoms with van der Waals surface area (Å²) in [4.78, 5) is 2.38. The number of benzene rings is 1. The van der Waals surface area contributed by atoms with Gasteiger partial charge in [-0.1, -0.05) is 19.9 Å². The molecule has 2 nitrogen and oxygen atoms in total.